The second-order valence-corrected chi connectivity index (χ2v) is 12.8. The molecule has 0 spiro atoms. The number of likely N-dealkylation sites (N-methyl/N-ethyl adjacent to an activating group) is 1. The van der Waals surface area contributed by atoms with E-state index < -0.39 is 47.9 Å². The summed E-state index contributed by atoms with van der Waals surface area (Å²) in [6.07, 6.45) is -2.65. The lowest BCUT2D eigenvalue weighted by atomic mass is 9.89. The van der Waals surface area contributed by atoms with Crippen LogP contribution >= 0.6 is 13.5 Å². The molecule has 0 fully saturated rings. The Morgan fingerprint density at radius 3 is 2.06 bits per heavy atom. The van der Waals surface area contributed by atoms with Crippen molar-refractivity contribution in [2.75, 3.05) is 20.6 Å². The number of hydrogen-bond acceptors (Lipinski definition) is 4. The number of alkyl halides is 3. The molecular formula is C35H45F4N3O4S. The zero-order chi connectivity index (χ0) is 34.7. The van der Waals surface area contributed by atoms with Crippen LogP contribution < -0.4 is 10.9 Å². The van der Waals surface area contributed by atoms with Gasteiger partial charge in [0.2, 0.25) is 5.91 Å². The van der Waals surface area contributed by atoms with Gasteiger partial charge in [-0.3, -0.25) is 14.4 Å². The van der Waals surface area contributed by atoms with E-state index in [1.807, 2.05) is 39.8 Å². The summed E-state index contributed by atoms with van der Waals surface area (Å²) >= 11 is 0. The molecule has 0 bridgehead atoms. The van der Waals surface area contributed by atoms with E-state index in [0.29, 0.717) is 35.2 Å². The minimum absolute atomic E-state index is 0. The molecule has 0 radical (unpaired) electrons. The summed E-state index contributed by atoms with van der Waals surface area (Å²) in [5.74, 6) is -2.71. The quantitative estimate of drug-likeness (QED) is 0.201. The summed E-state index contributed by atoms with van der Waals surface area (Å²) in [4.78, 5) is 41.1. The van der Waals surface area contributed by atoms with E-state index in [0.717, 1.165) is 23.3 Å². The summed E-state index contributed by atoms with van der Waals surface area (Å²) in [5, 5.41) is 12.5. The van der Waals surface area contributed by atoms with Crippen molar-refractivity contribution >= 4 is 25.4 Å². The molecule has 3 rings (SSSR count). The number of carboxylic acids is 1. The van der Waals surface area contributed by atoms with Gasteiger partial charge in [-0.15, -0.1) is 0 Å². The van der Waals surface area contributed by atoms with Crippen molar-refractivity contribution < 1.29 is 32.3 Å². The van der Waals surface area contributed by atoms with Crippen LogP contribution in [0.4, 0.5) is 17.6 Å². The van der Waals surface area contributed by atoms with Crippen LogP contribution in [0.1, 0.15) is 77.7 Å². The van der Waals surface area contributed by atoms with Crippen LogP contribution in [-0.4, -0.2) is 47.1 Å². The number of carboxylic acid groups (broad SMARTS) is 1. The highest BCUT2D eigenvalue weighted by Crippen LogP contribution is 2.38. The number of rotatable bonds is 12. The molecule has 0 aliphatic heterocycles. The molecule has 1 heterocycles. The maximum Gasteiger partial charge on any atom is 0.416 e. The van der Waals surface area contributed by atoms with E-state index in [1.165, 1.54) is 43.5 Å². The largest absolute Gasteiger partial charge is 0.481 e. The van der Waals surface area contributed by atoms with Crippen LogP contribution in [-0.2, 0) is 22.2 Å². The molecule has 3 aromatic rings. The van der Waals surface area contributed by atoms with Gasteiger partial charge in [0.25, 0.3) is 5.56 Å². The molecule has 0 aliphatic rings. The van der Waals surface area contributed by atoms with Crippen LogP contribution in [0.15, 0.2) is 41.3 Å². The highest BCUT2D eigenvalue weighted by atomic mass is 32.1. The second-order valence-electron chi connectivity index (χ2n) is 12.8. The molecular weight excluding hydrogens is 634 g/mol. The van der Waals surface area contributed by atoms with Crippen LogP contribution in [0.5, 0.6) is 0 Å². The summed E-state index contributed by atoms with van der Waals surface area (Å²) in [6, 6.07) is 4.04. The van der Waals surface area contributed by atoms with Gasteiger partial charge in [0.15, 0.2) is 0 Å². The number of pyridine rings is 1. The Labute approximate surface area is 280 Å². The summed E-state index contributed by atoms with van der Waals surface area (Å²) in [5.41, 5.74) is 1.95. The number of nitrogens with one attached hydrogen (secondary N) is 1. The van der Waals surface area contributed by atoms with Crippen LogP contribution in [0.3, 0.4) is 0 Å². The monoisotopic (exact) mass is 679 g/mol. The zero-order valence-corrected chi connectivity index (χ0v) is 29.1. The Hall–Kier alpha value is -3.64. The van der Waals surface area contributed by atoms with E-state index in [1.54, 1.807) is 6.20 Å². The van der Waals surface area contributed by atoms with Gasteiger partial charge in [0.1, 0.15) is 11.9 Å². The average molecular weight is 680 g/mol. The highest BCUT2D eigenvalue weighted by Gasteiger charge is 2.32. The Kier molecular flexibility index (Phi) is 13.4. The normalized spacial score (nSPS) is 13.0. The number of hydrogen-bond donors (Lipinski definition) is 2. The number of aliphatic carboxylic acids is 1. The fraction of sp³-hybridized carbons (Fsp3) is 0.457. The number of halogens is 4. The minimum atomic E-state index is -4.55. The van der Waals surface area contributed by atoms with E-state index in [4.69, 9.17) is 0 Å². The van der Waals surface area contributed by atoms with Crippen LogP contribution in [0, 0.1) is 39.4 Å². The highest BCUT2D eigenvalue weighted by molar-refractivity contribution is 7.59. The molecule has 2 aromatic carbocycles. The zero-order valence-electron chi connectivity index (χ0n) is 28.1. The van der Waals surface area contributed by atoms with Crippen molar-refractivity contribution in [1.82, 2.24) is 14.8 Å². The molecule has 1 amide bonds. The molecule has 0 saturated heterocycles. The SMILES string of the molecule is Cc1cc(=O)n(C(CC(C)C)C(=O)N[C@@H](CC(=O)O)c2cc(-c3c(C)cc(C(F)(F)F)cc3C)cc(C)c2F)cc1CCN(C)C.S. The fourth-order valence-corrected chi connectivity index (χ4v) is 5.79. The van der Waals surface area contributed by atoms with Gasteiger partial charge in [-0.1, -0.05) is 13.8 Å². The van der Waals surface area contributed by atoms with Crippen molar-refractivity contribution in [2.24, 2.45) is 5.92 Å². The number of nitrogens with zero attached hydrogens (tertiary/aromatic N) is 2. The van der Waals surface area contributed by atoms with E-state index in [-0.39, 0.29) is 42.5 Å². The average Bonchev–Trinajstić information content (AvgIpc) is 2.91. The standard InChI is InChI=1S/C35H43F4N3O4.H2S/c1-19(2)11-29(42-18-24(9-10-41(7)8)20(3)15-30(42)43)34(46)40-28(17-31(44)45)27-16-25(12-23(6)33(27)36)32-21(4)13-26(14-22(32)5)35(37,38)39;/h12-16,18-19,28-29H,9-11,17H2,1-8H3,(H,40,46)(H,44,45);1H2/t28-,29?;/m0./s1. The molecule has 47 heavy (non-hydrogen) atoms. The summed E-state index contributed by atoms with van der Waals surface area (Å²) in [6.45, 7) is 10.8. The molecule has 7 nitrogen and oxygen atoms in total. The predicted molar refractivity (Wildman–Crippen MR) is 181 cm³/mol. The van der Waals surface area contributed by atoms with Gasteiger partial charge >= 0.3 is 12.1 Å². The number of benzene rings is 2. The molecule has 2 atom stereocenters. The van der Waals surface area contributed by atoms with E-state index in [9.17, 15) is 32.7 Å². The Morgan fingerprint density at radius 2 is 1.55 bits per heavy atom. The van der Waals surface area contributed by atoms with Crippen molar-refractivity contribution in [1.29, 1.82) is 0 Å². The molecule has 2 N–H and O–H groups in total. The number of aryl methyl sites for hydroxylation is 4. The van der Waals surface area contributed by atoms with Gasteiger partial charge in [0, 0.05) is 24.4 Å². The van der Waals surface area contributed by atoms with E-state index >= 15 is 4.39 Å². The second kappa shape index (κ2) is 16.0. The lowest BCUT2D eigenvalue weighted by Crippen LogP contribution is -2.40. The van der Waals surface area contributed by atoms with Crippen molar-refractivity contribution in [3.63, 3.8) is 0 Å². The van der Waals surface area contributed by atoms with Gasteiger partial charge in [-0.25, -0.2) is 4.39 Å². The summed E-state index contributed by atoms with van der Waals surface area (Å²) < 4.78 is 57.5. The van der Waals surface area contributed by atoms with Gasteiger partial charge in [-0.05, 0) is 124 Å². The topological polar surface area (TPSA) is 91.6 Å². The molecule has 0 saturated carbocycles. The number of aromatic nitrogens is 1. The third-order valence-electron chi connectivity index (χ3n) is 8.06. The Balaban J connectivity index is 0.00000768. The molecule has 12 heteroatoms. The fourth-order valence-electron chi connectivity index (χ4n) is 5.79. The van der Waals surface area contributed by atoms with Gasteiger partial charge in [-0.2, -0.15) is 26.7 Å². The lowest BCUT2D eigenvalue weighted by molar-refractivity contribution is -0.138. The molecule has 1 unspecified atom stereocenters. The van der Waals surface area contributed by atoms with Crippen molar-refractivity contribution in [3.8, 4) is 11.1 Å². The maximum absolute atomic E-state index is 15.8. The third kappa shape index (κ3) is 9.93. The third-order valence-corrected chi connectivity index (χ3v) is 8.06. The Morgan fingerprint density at radius 1 is 0.957 bits per heavy atom. The number of carbonyl (C=O) groups excluding carboxylic acids is 1. The van der Waals surface area contributed by atoms with Crippen LogP contribution in [0.2, 0.25) is 0 Å². The first-order valence-electron chi connectivity index (χ1n) is 15.2. The first-order chi connectivity index (χ1) is 21.3. The smallest absolute Gasteiger partial charge is 0.416 e. The maximum atomic E-state index is 15.8. The van der Waals surface area contributed by atoms with Gasteiger partial charge < -0.3 is 19.9 Å². The number of amides is 1. The minimum Gasteiger partial charge on any atom is -0.481 e. The Bertz CT molecular complexity index is 1640. The van der Waals surface area contributed by atoms with Crippen molar-refractivity contribution in [2.45, 2.75) is 79.1 Å². The molecule has 0 aliphatic carbocycles. The summed E-state index contributed by atoms with van der Waals surface area (Å²) in [7, 11) is 3.86. The predicted octanol–water partition coefficient (Wildman–Crippen LogP) is 7.04. The first kappa shape index (κ1) is 39.5. The van der Waals surface area contributed by atoms with Gasteiger partial charge in [0.05, 0.1) is 18.0 Å². The number of carbonyl (C=O) groups is 2. The lowest BCUT2D eigenvalue weighted by Gasteiger charge is -2.26. The molecule has 258 valence electrons. The van der Waals surface area contributed by atoms with Crippen molar-refractivity contribution in [3.05, 3.63) is 91.6 Å². The van der Waals surface area contributed by atoms with E-state index in [2.05, 4.69) is 5.32 Å². The van der Waals surface area contributed by atoms with Crippen LogP contribution in [0.25, 0.3) is 11.1 Å². The molecule has 1 aromatic heterocycles. The first-order valence-corrected chi connectivity index (χ1v) is 15.2.